The van der Waals surface area contributed by atoms with Gasteiger partial charge in [0.05, 0.1) is 5.75 Å². The summed E-state index contributed by atoms with van der Waals surface area (Å²) < 4.78 is 21.9. The molecule has 0 spiro atoms. The molecule has 2 rings (SSSR count). The Morgan fingerprint density at radius 1 is 1.12 bits per heavy atom. The van der Waals surface area contributed by atoms with Gasteiger partial charge >= 0.3 is 0 Å². The maximum atomic E-state index is 10.9. The van der Waals surface area contributed by atoms with Crippen molar-refractivity contribution in [2.75, 3.05) is 0 Å². The van der Waals surface area contributed by atoms with Crippen LogP contribution >= 0.6 is 11.3 Å². The third-order valence-electron chi connectivity index (χ3n) is 2.10. The molecule has 2 N–H and O–H groups in total. The van der Waals surface area contributed by atoms with Crippen LogP contribution in [0.3, 0.4) is 0 Å². The summed E-state index contributed by atoms with van der Waals surface area (Å²) in [4.78, 5) is 0.765. The lowest BCUT2D eigenvalue weighted by molar-refractivity contribution is 0.597. The topological polar surface area (TPSA) is 60.2 Å². The van der Waals surface area contributed by atoms with Gasteiger partial charge in [-0.15, -0.1) is 11.3 Å². The molecule has 1 heterocycles. The number of nitrogens with two attached hydrogens (primary N) is 1. The first-order valence-electron chi connectivity index (χ1n) is 4.68. The Morgan fingerprint density at radius 3 is 2.44 bits per heavy atom. The van der Waals surface area contributed by atoms with Crippen LogP contribution in [-0.4, -0.2) is 8.42 Å². The van der Waals surface area contributed by atoms with Crippen molar-refractivity contribution < 1.29 is 8.42 Å². The molecule has 0 aliphatic heterocycles. The molecule has 1 aromatic heterocycles. The van der Waals surface area contributed by atoms with Crippen molar-refractivity contribution in [1.82, 2.24) is 0 Å². The second kappa shape index (κ2) is 4.37. The normalized spacial score (nSPS) is 11.6. The average Bonchev–Trinajstić information content (AvgIpc) is 2.65. The lowest BCUT2D eigenvalue weighted by Crippen LogP contribution is -2.13. The maximum absolute atomic E-state index is 10.9. The predicted molar refractivity (Wildman–Crippen MR) is 66.6 cm³/mol. The molecule has 0 amide bonds. The van der Waals surface area contributed by atoms with Gasteiger partial charge < -0.3 is 0 Å². The first-order valence-corrected chi connectivity index (χ1v) is 7.27. The molecule has 84 valence electrons. The Labute approximate surface area is 98.6 Å². The van der Waals surface area contributed by atoms with Crippen molar-refractivity contribution in [3.63, 3.8) is 0 Å². The molecule has 0 radical (unpaired) electrons. The number of rotatable bonds is 3. The highest BCUT2D eigenvalue weighted by molar-refractivity contribution is 7.88. The number of benzene rings is 1. The minimum atomic E-state index is -3.44. The molecule has 3 nitrogen and oxygen atoms in total. The van der Waals surface area contributed by atoms with Gasteiger partial charge in [0.2, 0.25) is 10.0 Å². The molecule has 0 atom stereocenters. The molecule has 0 aliphatic rings. The van der Waals surface area contributed by atoms with E-state index in [-0.39, 0.29) is 5.75 Å². The fourth-order valence-electron chi connectivity index (χ4n) is 1.44. The summed E-state index contributed by atoms with van der Waals surface area (Å²) in [5.74, 6) is -0.0928. The molecule has 5 heteroatoms. The molecule has 16 heavy (non-hydrogen) atoms. The summed E-state index contributed by atoms with van der Waals surface area (Å²) in [6.07, 6.45) is 0. The zero-order chi connectivity index (χ0) is 11.6. The Bertz CT molecular complexity index is 573. The highest BCUT2D eigenvalue weighted by Gasteiger charge is 2.08. The van der Waals surface area contributed by atoms with Crippen LogP contribution in [0.1, 0.15) is 4.88 Å². The van der Waals surface area contributed by atoms with E-state index < -0.39 is 10.0 Å². The van der Waals surface area contributed by atoms with E-state index in [1.165, 1.54) is 11.3 Å². The van der Waals surface area contributed by atoms with Gasteiger partial charge in [-0.25, -0.2) is 13.6 Å². The van der Waals surface area contributed by atoms with Gasteiger partial charge in [0.1, 0.15) is 0 Å². The van der Waals surface area contributed by atoms with E-state index in [2.05, 4.69) is 0 Å². The zero-order valence-corrected chi connectivity index (χ0v) is 10.1. The molecule has 0 fully saturated rings. The van der Waals surface area contributed by atoms with Crippen LogP contribution in [0.25, 0.3) is 11.1 Å². The first-order chi connectivity index (χ1) is 7.54. The molecular formula is C11H11NO2S2. The molecule has 0 saturated heterocycles. The van der Waals surface area contributed by atoms with E-state index >= 15 is 0 Å². The predicted octanol–water partition coefficient (Wildman–Crippen LogP) is 2.20. The van der Waals surface area contributed by atoms with Crippen LogP contribution in [0.5, 0.6) is 0 Å². The van der Waals surface area contributed by atoms with Crippen molar-refractivity contribution in [1.29, 1.82) is 0 Å². The summed E-state index contributed by atoms with van der Waals surface area (Å²) in [5.41, 5.74) is 2.11. The van der Waals surface area contributed by atoms with Gasteiger partial charge in [0.15, 0.2) is 0 Å². The van der Waals surface area contributed by atoms with Gasteiger partial charge in [-0.2, -0.15) is 0 Å². The molecule has 1 aromatic carbocycles. The highest BCUT2D eigenvalue weighted by atomic mass is 32.2. The van der Waals surface area contributed by atoms with Gasteiger partial charge in [-0.05, 0) is 22.6 Å². The third-order valence-corrected chi connectivity index (χ3v) is 3.94. The fraction of sp³-hybridized carbons (Fsp3) is 0.0909. The fourth-order valence-corrected chi connectivity index (χ4v) is 3.36. The Balaban J connectivity index is 2.27. The van der Waals surface area contributed by atoms with Crippen LogP contribution in [-0.2, 0) is 15.8 Å². The quantitative estimate of drug-likeness (QED) is 0.911. The van der Waals surface area contributed by atoms with E-state index in [0.29, 0.717) is 0 Å². The molecule has 0 aliphatic carbocycles. The van der Waals surface area contributed by atoms with Crippen LogP contribution in [0.4, 0.5) is 0 Å². The van der Waals surface area contributed by atoms with Crippen molar-refractivity contribution >= 4 is 21.4 Å². The van der Waals surface area contributed by atoms with Crippen LogP contribution in [0, 0.1) is 0 Å². The zero-order valence-electron chi connectivity index (χ0n) is 8.46. The highest BCUT2D eigenvalue weighted by Crippen LogP contribution is 2.26. The van der Waals surface area contributed by atoms with Gasteiger partial charge in [0.25, 0.3) is 0 Å². The summed E-state index contributed by atoms with van der Waals surface area (Å²) in [6, 6.07) is 11.7. The molecular weight excluding hydrogens is 242 g/mol. The second-order valence-corrected chi connectivity index (χ2v) is 6.09. The van der Waals surface area contributed by atoms with Gasteiger partial charge in [-0.1, -0.05) is 30.3 Å². The van der Waals surface area contributed by atoms with E-state index in [0.717, 1.165) is 16.0 Å². The lowest BCUT2D eigenvalue weighted by Gasteiger charge is -1.95. The van der Waals surface area contributed by atoms with E-state index in [1.54, 1.807) is 0 Å². The standard InChI is InChI=1S/C11H11NO2S2/c12-16(13,14)8-11-6-10(7-15-11)9-4-2-1-3-5-9/h1-7H,8H2,(H2,12,13,14). The molecule has 0 saturated carbocycles. The van der Waals surface area contributed by atoms with Crippen molar-refractivity contribution in [3.05, 3.63) is 46.7 Å². The number of primary sulfonamides is 1. The number of sulfonamides is 1. The Morgan fingerprint density at radius 2 is 1.81 bits per heavy atom. The maximum Gasteiger partial charge on any atom is 0.214 e. The summed E-state index contributed by atoms with van der Waals surface area (Å²) in [6.45, 7) is 0. The monoisotopic (exact) mass is 253 g/mol. The number of hydrogen-bond acceptors (Lipinski definition) is 3. The Hall–Kier alpha value is -1.17. The van der Waals surface area contributed by atoms with E-state index in [1.807, 2.05) is 41.8 Å². The summed E-state index contributed by atoms with van der Waals surface area (Å²) in [5, 5.41) is 6.93. The van der Waals surface area contributed by atoms with E-state index in [9.17, 15) is 8.42 Å². The van der Waals surface area contributed by atoms with Crippen molar-refractivity contribution in [2.24, 2.45) is 5.14 Å². The number of hydrogen-bond donors (Lipinski definition) is 1. The Kier molecular flexibility index (Phi) is 3.09. The SMILES string of the molecule is NS(=O)(=O)Cc1cc(-c2ccccc2)cs1. The summed E-state index contributed by atoms with van der Waals surface area (Å²) >= 11 is 1.41. The lowest BCUT2D eigenvalue weighted by atomic mass is 10.1. The first kappa shape index (κ1) is 11.3. The van der Waals surface area contributed by atoms with E-state index in [4.69, 9.17) is 5.14 Å². The van der Waals surface area contributed by atoms with Gasteiger partial charge in [-0.3, -0.25) is 0 Å². The van der Waals surface area contributed by atoms with Crippen LogP contribution in [0.2, 0.25) is 0 Å². The molecule has 0 unspecified atom stereocenters. The minimum Gasteiger partial charge on any atom is -0.228 e. The largest absolute Gasteiger partial charge is 0.228 e. The smallest absolute Gasteiger partial charge is 0.214 e. The summed E-state index contributed by atoms with van der Waals surface area (Å²) in [7, 11) is -3.44. The van der Waals surface area contributed by atoms with Crippen LogP contribution < -0.4 is 5.14 Å². The van der Waals surface area contributed by atoms with Crippen molar-refractivity contribution in [3.8, 4) is 11.1 Å². The second-order valence-electron chi connectivity index (χ2n) is 3.47. The number of thiophene rings is 1. The van der Waals surface area contributed by atoms with Crippen LogP contribution in [0.15, 0.2) is 41.8 Å². The molecule has 2 aromatic rings. The molecule has 0 bridgehead atoms. The van der Waals surface area contributed by atoms with Crippen molar-refractivity contribution in [2.45, 2.75) is 5.75 Å². The third kappa shape index (κ3) is 2.91. The van der Waals surface area contributed by atoms with Gasteiger partial charge in [0, 0.05) is 4.88 Å². The average molecular weight is 253 g/mol. The minimum absolute atomic E-state index is 0.0928.